The molecule has 13 heteroatoms. The van der Waals surface area contributed by atoms with Crippen molar-refractivity contribution in [2.45, 2.75) is 16.7 Å². The number of carbonyl (C=O) groups excluding carboxylic acids is 1. The van der Waals surface area contributed by atoms with Gasteiger partial charge in [-0.3, -0.25) is 9.99 Å². The summed E-state index contributed by atoms with van der Waals surface area (Å²) in [4.78, 5) is 17.8. The lowest BCUT2D eigenvalue weighted by molar-refractivity contribution is -0.152. The summed E-state index contributed by atoms with van der Waals surface area (Å²) in [5.41, 5.74) is 5.27. The van der Waals surface area contributed by atoms with Crippen LogP contribution in [-0.2, 0) is 30.7 Å². The molecule has 0 spiro atoms. The number of hydrogen-bond acceptors (Lipinski definition) is 11. The lowest BCUT2D eigenvalue weighted by atomic mass is 10.1. The van der Waals surface area contributed by atoms with Crippen molar-refractivity contribution in [3.8, 4) is 16.3 Å². The molecular weight excluding hydrogens is 542 g/mol. The largest absolute Gasteiger partial charge is 0.491 e. The maximum atomic E-state index is 12.9. The zero-order chi connectivity index (χ0) is 27.8. The molecule has 3 heterocycles. The number of carbonyl (C=O) groups is 1. The van der Waals surface area contributed by atoms with Crippen molar-refractivity contribution in [1.82, 2.24) is 25.3 Å². The van der Waals surface area contributed by atoms with Crippen LogP contribution in [0, 0.1) is 0 Å². The van der Waals surface area contributed by atoms with E-state index >= 15 is 0 Å². The number of thiophene rings is 1. The predicted octanol–water partition coefficient (Wildman–Crippen LogP) is 2.41. The van der Waals surface area contributed by atoms with Crippen molar-refractivity contribution in [3.63, 3.8) is 0 Å². The Labute approximate surface area is 232 Å². The van der Waals surface area contributed by atoms with E-state index in [9.17, 15) is 13.2 Å². The van der Waals surface area contributed by atoms with E-state index in [1.54, 1.807) is 54.9 Å². The lowest BCUT2D eigenvalue weighted by Gasteiger charge is -2.31. The van der Waals surface area contributed by atoms with E-state index in [2.05, 4.69) is 15.1 Å². The highest BCUT2D eigenvalue weighted by Gasteiger charge is 2.32. The fourth-order valence-electron chi connectivity index (χ4n) is 3.89. The molecule has 0 amide bonds. The first-order valence-electron chi connectivity index (χ1n) is 12.1. The average Bonchev–Trinajstić information content (AvgIpc) is 3.59. The maximum Gasteiger partial charge on any atom is 0.330 e. The third-order valence-corrected chi connectivity index (χ3v) is 8.86. The van der Waals surface area contributed by atoms with Crippen molar-refractivity contribution < 1.29 is 27.4 Å². The topological polar surface area (TPSA) is 122 Å². The summed E-state index contributed by atoms with van der Waals surface area (Å²) in [5.74, 6) is 0.278. The first kappa shape index (κ1) is 28.5. The van der Waals surface area contributed by atoms with Crippen LogP contribution in [0.15, 0.2) is 76.9 Å². The fourth-order valence-corrected chi connectivity index (χ4v) is 6.22. The van der Waals surface area contributed by atoms with E-state index in [4.69, 9.17) is 14.2 Å². The van der Waals surface area contributed by atoms with Crippen LogP contribution >= 0.6 is 11.3 Å². The molecule has 0 fully saturated rings. The molecule has 0 saturated heterocycles. The van der Waals surface area contributed by atoms with Gasteiger partial charge in [0.25, 0.3) is 0 Å². The molecule has 2 aromatic heterocycles. The highest BCUT2D eigenvalue weighted by molar-refractivity contribution is 7.91. The Hall–Kier alpha value is -3.49. The van der Waals surface area contributed by atoms with E-state index in [1.807, 2.05) is 36.4 Å². The van der Waals surface area contributed by atoms with Gasteiger partial charge in [0.15, 0.2) is 0 Å². The summed E-state index contributed by atoms with van der Waals surface area (Å²) in [6.07, 6.45) is 3.72. The second-order valence-corrected chi connectivity index (χ2v) is 11.6. The number of nitrogens with one attached hydrogen (secondary N) is 2. The van der Waals surface area contributed by atoms with Crippen molar-refractivity contribution >= 4 is 27.3 Å². The predicted molar refractivity (Wildman–Crippen MR) is 147 cm³/mol. The van der Waals surface area contributed by atoms with Crippen LogP contribution < -0.4 is 14.9 Å². The molecule has 1 aromatic carbocycles. The first-order valence-corrected chi connectivity index (χ1v) is 14.4. The summed E-state index contributed by atoms with van der Waals surface area (Å²) in [5, 5.41) is 3.31. The van der Waals surface area contributed by atoms with Gasteiger partial charge >= 0.3 is 5.97 Å². The third kappa shape index (κ3) is 7.34. The van der Waals surface area contributed by atoms with Crippen LogP contribution in [0.3, 0.4) is 0 Å². The van der Waals surface area contributed by atoms with Crippen molar-refractivity contribution in [2.24, 2.45) is 0 Å². The monoisotopic (exact) mass is 573 g/mol. The number of pyridine rings is 1. The molecular formula is C26H31N5O6S2. The smallest absolute Gasteiger partial charge is 0.330 e. The Balaban J connectivity index is 1.41. The second kappa shape index (κ2) is 13.0. The summed E-state index contributed by atoms with van der Waals surface area (Å²) in [7, 11) is 0.925. The number of benzene rings is 1. The number of esters is 1. The molecule has 39 heavy (non-hydrogen) atoms. The highest BCUT2D eigenvalue weighted by Crippen LogP contribution is 2.29. The number of nitrogens with zero attached hydrogens (tertiary/aromatic N) is 3. The van der Waals surface area contributed by atoms with Gasteiger partial charge in [-0.2, -0.15) is 0 Å². The summed E-state index contributed by atoms with van der Waals surface area (Å²) < 4.78 is 44.4. The molecule has 0 saturated carbocycles. The van der Waals surface area contributed by atoms with E-state index < -0.39 is 22.0 Å². The first-order chi connectivity index (χ1) is 18.8. The summed E-state index contributed by atoms with van der Waals surface area (Å²) >= 11 is 1.15. The van der Waals surface area contributed by atoms with Crippen LogP contribution in [0.1, 0.15) is 5.56 Å². The number of sulfonamides is 1. The van der Waals surface area contributed by atoms with Gasteiger partial charge in [-0.1, -0.05) is 18.2 Å². The Morgan fingerprint density at radius 3 is 2.59 bits per heavy atom. The minimum absolute atomic E-state index is 0.00139. The average molecular weight is 574 g/mol. The molecule has 4 rings (SSSR count). The van der Waals surface area contributed by atoms with Crippen molar-refractivity contribution in [3.05, 3.63) is 78.3 Å². The number of methoxy groups -OCH3 is 2. The zero-order valence-electron chi connectivity index (χ0n) is 21.9. The van der Waals surface area contributed by atoms with E-state index in [0.717, 1.165) is 21.8 Å². The van der Waals surface area contributed by atoms with Gasteiger partial charge in [0.05, 0.1) is 36.5 Å². The zero-order valence-corrected chi connectivity index (χ0v) is 23.5. The van der Waals surface area contributed by atoms with Gasteiger partial charge in [-0.05, 0) is 42.0 Å². The molecule has 3 aromatic rings. The summed E-state index contributed by atoms with van der Waals surface area (Å²) in [6, 6.07) is 15.6. The molecule has 1 aliphatic rings. The fraction of sp³-hybridized carbons (Fsp3) is 0.308. The molecule has 0 bridgehead atoms. The van der Waals surface area contributed by atoms with E-state index in [1.165, 1.54) is 7.11 Å². The van der Waals surface area contributed by atoms with Gasteiger partial charge in [-0.25, -0.2) is 17.9 Å². The molecule has 1 atom stereocenters. The van der Waals surface area contributed by atoms with Crippen molar-refractivity contribution in [1.29, 1.82) is 0 Å². The van der Waals surface area contributed by atoms with Crippen molar-refractivity contribution in [2.75, 3.05) is 41.0 Å². The number of rotatable bonds is 13. The summed E-state index contributed by atoms with van der Waals surface area (Å²) in [6.45, 7) is 0.937. The number of ether oxygens (including phenoxy) is 3. The van der Waals surface area contributed by atoms with Gasteiger partial charge < -0.3 is 19.6 Å². The molecule has 208 valence electrons. The third-order valence-electron chi connectivity index (χ3n) is 5.86. The molecule has 11 nitrogen and oxygen atoms in total. The number of hydrogen-bond donors (Lipinski definition) is 2. The lowest BCUT2D eigenvalue weighted by Crippen LogP contribution is -2.49. The molecule has 0 aliphatic carbocycles. The highest BCUT2D eigenvalue weighted by atomic mass is 32.2. The van der Waals surface area contributed by atoms with Gasteiger partial charge in [0.1, 0.15) is 22.6 Å². The van der Waals surface area contributed by atoms with Crippen LogP contribution in [0.25, 0.3) is 10.6 Å². The molecule has 1 aliphatic heterocycles. The standard InChI is InChI=1S/C26H31N5O6S2/c1-30-29-20(17-28-39(33,34)25-12-11-24(38-25)22-6-4-5-13-27-22)18-31(30)23(26(32)36-3)16-19-7-9-21(10-8-19)37-15-14-35-2/h4-13,18,23,28-29H,14-17H2,1-3H3/t23-/m0/s1. The minimum atomic E-state index is -3.76. The van der Waals surface area contributed by atoms with Crippen LogP contribution in [0.2, 0.25) is 0 Å². The quantitative estimate of drug-likeness (QED) is 0.233. The normalized spacial score (nSPS) is 14.5. The van der Waals surface area contributed by atoms with E-state index in [-0.39, 0.29) is 10.8 Å². The Morgan fingerprint density at radius 1 is 1.10 bits per heavy atom. The van der Waals surface area contributed by atoms with Crippen LogP contribution in [0.5, 0.6) is 5.75 Å². The molecule has 0 unspecified atom stereocenters. The Bertz CT molecular complexity index is 1380. The van der Waals surface area contributed by atoms with Gasteiger partial charge in [0.2, 0.25) is 10.0 Å². The Kier molecular flexibility index (Phi) is 9.54. The molecule has 0 radical (unpaired) electrons. The van der Waals surface area contributed by atoms with Gasteiger partial charge in [-0.15, -0.1) is 16.5 Å². The van der Waals surface area contributed by atoms with Gasteiger partial charge in [0, 0.05) is 33.0 Å². The SMILES string of the molecule is COCCOc1ccc(C[C@@H](C(=O)OC)N2C=C(CNS(=O)(=O)c3ccc(-c4ccccn4)s3)NN2C)cc1. The van der Waals surface area contributed by atoms with E-state index in [0.29, 0.717) is 36.8 Å². The number of hydrazine groups is 2. The number of aromatic nitrogens is 1. The Morgan fingerprint density at radius 2 is 1.90 bits per heavy atom. The van der Waals surface area contributed by atoms with Crippen LogP contribution in [-0.4, -0.2) is 76.6 Å². The maximum absolute atomic E-state index is 12.9. The van der Waals surface area contributed by atoms with Crippen LogP contribution in [0.4, 0.5) is 0 Å². The molecule has 2 N–H and O–H groups in total. The second-order valence-electron chi connectivity index (χ2n) is 8.56. The minimum Gasteiger partial charge on any atom is -0.491 e.